The summed E-state index contributed by atoms with van der Waals surface area (Å²) in [5.41, 5.74) is 5.01. The van der Waals surface area contributed by atoms with Crippen molar-refractivity contribution < 1.29 is 4.79 Å². The molecule has 1 aromatic carbocycles. The summed E-state index contributed by atoms with van der Waals surface area (Å²) in [6.07, 6.45) is 9.69. The smallest absolute Gasteiger partial charge is 0.227 e. The Morgan fingerprint density at radius 3 is 2.66 bits per heavy atom. The fraction of sp³-hybridized carbons (Fsp3) is 0.240. The minimum absolute atomic E-state index is 0.0541. The van der Waals surface area contributed by atoms with E-state index in [1.54, 1.807) is 18.6 Å². The van der Waals surface area contributed by atoms with Gasteiger partial charge in [0, 0.05) is 55.4 Å². The number of amides is 1. The van der Waals surface area contributed by atoms with Crippen molar-refractivity contribution in [3.8, 4) is 0 Å². The molecule has 1 saturated heterocycles. The molecule has 3 aromatic rings. The van der Waals surface area contributed by atoms with Gasteiger partial charge in [-0.2, -0.15) is 0 Å². The van der Waals surface area contributed by atoms with Gasteiger partial charge in [-0.15, -0.1) is 0 Å². The molecule has 1 atom stereocenters. The van der Waals surface area contributed by atoms with Crippen molar-refractivity contribution in [2.45, 2.75) is 12.5 Å². The number of carbonyl (C=O) groups excluding carboxylic acids is 1. The molecular formula is C25H22Cl2N4O. The van der Waals surface area contributed by atoms with Crippen molar-refractivity contribution in [1.82, 2.24) is 19.8 Å². The van der Waals surface area contributed by atoms with Crippen molar-refractivity contribution in [2.24, 2.45) is 0 Å². The van der Waals surface area contributed by atoms with Gasteiger partial charge in [0.15, 0.2) is 0 Å². The first kappa shape index (κ1) is 21.1. The molecule has 0 saturated carbocycles. The van der Waals surface area contributed by atoms with Gasteiger partial charge in [0.05, 0.1) is 23.2 Å². The number of hydrogen-bond donors (Lipinski definition) is 0. The van der Waals surface area contributed by atoms with Crippen LogP contribution in [0.2, 0.25) is 10.0 Å². The molecule has 2 aliphatic rings. The van der Waals surface area contributed by atoms with Crippen LogP contribution in [-0.2, 0) is 11.2 Å². The van der Waals surface area contributed by atoms with Crippen molar-refractivity contribution >= 4 is 41.3 Å². The van der Waals surface area contributed by atoms with Crippen molar-refractivity contribution in [3.05, 3.63) is 93.0 Å². The number of carbonyl (C=O) groups is 1. The Balaban J connectivity index is 1.40. The first-order chi connectivity index (χ1) is 15.6. The van der Waals surface area contributed by atoms with Gasteiger partial charge in [-0.1, -0.05) is 47.5 Å². The van der Waals surface area contributed by atoms with E-state index in [0.717, 1.165) is 41.0 Å². The van der Waals surface area contributed by atoms with E-state index in [9.17, 15) is 4.79 Å². The number of halogens is 2. The van der Waals surface area contributed by atoms with Crippen LogP contribution in [0.25, 0.3) is 12.2 Å². The third-order valence-electron chi connectivity index (χ3n) is 6.11. The van der Waals surface area contributed by atoms with Crippen LogP contribution in [0.5, 0.6) is 0 Å². The van der Waals surface area contributed by atoms with Gasteiger partial charge in [0.25, 0.3) is 0 Å². The van der Waals surface area contributed by atoms with E-state index in [4.69, 9.17) is 28.2 Å². The predicted molar refractivity (Wildman–Crippen MR) is 128 cm³/mol. The highest BCUT2D eigenvalue weighted by molar-refractivity contribution is 6.32. The monoisotopic (exact) mass is 464 g/mol. The zero-order valence-electron chi connectivity index (χ0n) is 17.4. The summed E-state index contributed by atoms with van der Waals surface area (Å²) in [7, 11) is 0. The Hall–Kier alpha value is -2.73. The minimum atomic E-state index is -0.0541. The molecule has 7 heteroatoms. The lowest BCUT2D eigenvalue weighted by Crippen LogP contribution is -2.50. The first-order valence-corrected chi connectivity index (χ1v) is 11.4. The maximum atomic E-state index is 12.8. The molecule has 0 radical (unpaired) electrons. The maximum Gasteiger partial charge on any atom is 0.227 e. The van der Waals surface area contributed by atoms with Gasteiger partial charge < -0.3 is 4.90 Å². The summed E-state index contributed by atoms with van der Waals surface area (Å²) >= 11 is 12.8. The average Bonchev–Trinajstić information content (AvgIpc) is 2.97. The van der Waals surface area contributed by atoms with Crippen LogP contribution < -0.4 is 0 Å². The summed E-state index contributed by atoms with van der Waals surface area (Å²) in [4.78, 5) is 26.0. The van der Waals surface area contributed by atoms with Crippen LogP contribution in [0.1, 0.15) is 34.0 Å². The standard InChI is InChI=1S/C25H22Cl2N4O/c26-19-4-6-20-18(15-19)3-5-21-22(27)7-9-29-24(21)25(20)31-12-10-30(11-13-31)23(32)14-17-2-1-8-28-16-17/h1-9,15-16,25H,10-14H2. The number of piperazine rings is 1. The normalized spacial score (nSPS) is 18.1. The van der Waals surface area contributed by atoms with Gasteiger partial charge in [0.1, 0.15) is 0 Å². The predicted octanol–water partition coefficient (Wildman–Crippen LogP) is 4.74. The molecular weight excluding hydrogens is 443 g/mol. The average molecular weight is 465 g/mol. The molecule has 0 spiro atoms. The molecule has 5 rings (SSSR count). The van der Waals surface area contributed by atoms with E-state index < -0.39 is 0 Å². The Bertz CT molecular complexity index is 1170. The number of nitrogens with zero attached hydrogens (tertiary/aromatic N) is 4. The fourth-order valence-corrected chi connectivity index (χ4v) is 4.89. The van der Waals surface area contributed by atoms with Gasteiger partial charge in [-0.25, -0.2) is 0 Å². The number of pyridine rings is 2. The van der Waals surface area contributed by atoms with Crippen LogP contribution in [-0.4, -0.2) is 51.9 Å². The van der Waals surface area contributed by atoms with Gasteiger partial charge in [0.2, 0.25) is 5.91 Å². The van der Waals surface area contributed by atoms with Crippen molar-refractivity contribution in [3.63, 3.8) is 0 Å². The van der Waals surface area contributed by atoms with Gasteiger partial charge >= 0.3 is 0 Å². The summed E-state index contributed by atoms with van der Waals surface area (Å²) in [6.45, 7) is 2.84. The Kier molecular flexibility index (Phi) is 5.96. The number of hydrogen-bond acceptors (Lipinski definition) is 4. The quantitative estimate of drug-likeness (QED) is 0.561. The van der Waals surface area contributed by atoms with Gasteiger partial charge in [-0.3, -0.25) is 19.7 Å². The lowest BCUT2D eigenvalue weighted by Gasteiger charge is -2.40. The van der Waals surface area contributed by atoms with E-state index >= 15 is 0 Å². The minimum Gasteiger partial charge on any atom is -0.340 e. The second-order valence-corrected chi connectivity index (χ2v) is 8.90. The highest BCUT2D eigenvalue weighted by Gasteiger charge is 2.32. The SMILES string of the molecule is O=C(Cc1cccnc1)N1CCN(C2c3ccc(Cl)cc3C=Cc3c(Cl)ccnc32)CC1. The largest absolute Gasteiger partial charge is 0.340 e. The van der Waals surface area contributed by atoms with Crippen LogP contribution >= 0.6 is 23.2 Å². The third kappa shape index (κ3) is 4.16. The van der Waals surface area contributed by atoms with Crippen LogP contribution in [0.4, 0.5) is 0 Å². The molecule has 1 unspecified atom stereocenters. The highest BCUT2D eigenvalue weighted by atomic mass is 35.5. The zero-order chi connectivity index (χ0) is 22.1. The van der Waals surface area contributed by atoms with Crippen molar-refractivity contribution in [1.29, 1.82) is 0 Å². The second-order valence-electron chi connectivity index (χ2n) is 8.06. The number of rotatable bonds is 3. The molecule has 1 fully saturated rings. The highest BCUT2D eigenvalue weighted by Crippen LogP contribution is 2.39. The zero-order valence-corrected chi connectivity index (χ0v) is 18.9. The molecule has 1 amide bonds. The maximum absolute atomic E-state index is 12.8. The molecule has 5 nitrogen and oxygen atoms in total. The summed E-state index contributed by atoms with van der Waals surface area (Å²) in [5, 5.41) is 1.38. The molecule has 162 valence electrons. The first-order valence-electron chi connectivity index (χ1n) is 10.6. The molecule has 0 bridgehead atoms. The topological polar surface area (TPSA) is 49.3 Å². The second kappa shape index (κ2) is 9.02. The molecule has 1 aliphatic heterocycles. The lowest BCUT2D eigenvalue weighted by atomic mass is 9.95. The fourth-order valence-electron chi connectivity index (χ4n) is 4.50. The van der Waals surface area contributed by atoms with E-state index in [-0.39, 0.29) is 11.9 Å². The number of fused-ring (bicyclic) bond motifs is 2. The van der Waals surface area contributed by atoms with Crippen molar-refractivity contribution in [2.75, 3.05) is 26.2 Å². The number of aromatic nitrogens is 2. The number of benzene rings is 1. The Morgan fingerprint density at radius 1 is 1.03 bits per heavy atom. The van der Waals surface area contributed by atoms with Gasteiger partial charge in [-0.05, 0) is 41.0 Å². The molecule has 2 aromatic heterocycles. The van der Waals surface area contributed by atoms with E-state index in [2.05, 4.69) is 22.0 Å². The van der Waals surface area contributed by atoms with E-state index in [1.165, 1.54) is 0 Å². The summed E-state index contributed by atoms with van der Waals surface area (Å²) in [6, 6.07) is 11.5. The molecule has 3 heterocycles. The van der Waals surface area contributed by atoms with E-state index in [0.29, 0.717) is 29.6 Å². The van der Waals surface area contributed by atoms with Crippen LogP contribution in [0.3, 0.4) is 0 Å². The molecule has 1 aliphatic carbocycles. The molecule has 0 N–H and O–H groups in total. The third-order valence-corrected chi connectivity index (χ3v) is 6.67. The summed E-state index contributed by atoms with van der Waals surface area (Å²) < 4.78 is 0. The Labute approximate surface area is 197 Å². The molecule has 32 heavy (non-hydrogen) atoms. The Morgan fingerprint density at radius 2 is 1.88 bits per heavy atom. The van der Waals surface area contributed by atoms with Crippen LogP contribution in [0.15, 0.2) is 55.0 Å². The lowest BCUT2D eigenvalue weighted by molar-refractivity contribution is -0.132. The summed E-state index contributed by atoms with van der Waals surface area (Å²) in [5.74, 6) is 0.133. The van der Waals surface area contributed by atoms with E-state index in [1.807, 2.05) is 41.3 Å². The van der Waals surface area contributed by atoms with Crippen LogP contribution in [0, 0.1) is 0 Å².